The van der Waals surface area contributed by atoms with Crippen molar-refractivity contribution < 1.29 is 93.3 Å². The minimum Gasteiger partial charge on any atom is -0.486 e. The second-order valence-electron chi connectivity index (χ2n) is 13.8. The predicted molar refractivity (Wildman–Crippen MR) is 216 cm³/mol. The highest BCUT2D eigenvalue weighted by Gasteiger charge is 2.64. The first-order chi connectivity index (χ1) is 30.7. The fourth-order valence-corrected chi connectivity index (χ4v) is 6.78. The topological polar surface area (TPSA) is 172 Å². The second-order valence-corrected chi connectivity index (χ2v) is 14.1. The number of aliphatic hydroxyl groups is 1. The Morgan fingerprint density at radius 3 is 1.40 bits per heavy atom. The van der Waals surface area contributed by atoms with Crippen molar-refractivity contribution in [3.63, 3.8) is 0 Å². The van der Waals surface area contributed by atoms with E-state index in [9.17, 15) is 45.5 Å². The summed E-state index contributed by atoms with van der Waals surface area (Å²) in [6.45, 7) is 2.94. The number of esters is 3. The molecule has 2 aliphatic heterocycles. The van der Waals surface area contributed by atoms with E-state index in [1.807, 2.05) is 0 Å². The number of ether oxygens (including phenoxy) is 9. The molecular weight excluding hydrogens is 902 g/mol. The number of fused-ring (bicyclic) bond motifs is 2. The molecule has 4 atom stereocenters. The van der Waals surface area contributed by atoms with E-state index in [0.717, 1.165) is 38.5 Å². The van der Waals surface area contributed by atoms with Gasteiger partial charge in [0.2, 0.25) is 0 Å². The number of halogens is 7. The van der Waals surface area contributed by atoms with Gasteiger partial charge >= 0.3 is 30.3 Å². The normalized spacial score (nSPS) is 17.0. The van der Waals surface area contributed by atoms with Gasteiger partial charge in [0.15, 0.2) is 35.2 Å². The number of benzene rings is 4. The molecule has 1 N–H and O–H groups in total. The van der Waals surface area contributed by atoms with Crippen LogP contribution in [0.4, 0.5) is 26.3 Å². The van der Waals surface area contributed by atoms with Gasteiger partial charge in [-0.25, -0.2) is 14.4 Å². The molecule has 0 saturated carbocycles. The predicted octanol–water partition coefficient (Wildman–Crippen LogP) is 7.34. The van der Waals surface area contributed by atoms with E-state index < -0.39 is 71.1 Å². The maximum atomic E-state index is 14.0. The summed E-state index contributed by atoms with van der Waals surface area (Å²) in [6.07, 6.45) is -11.3. The van der Waals surface area contributed by atoms with Crippen LogP contribution in [0, 0.1) is 13.8 Å². The average Bonchev–Trinajstić information content (AvgIpc) is 3.29. The van der Waals surface area contributed by atoms with Crippen LogP contribution < -0.4 is 18.9 Å². The molecule has 0 fully saturated rings. The minimum atomic E-state index is -5.08. The summed E-state index contributed by atoms with van der Waals surface area (Å²) < 4.78 is 126. The van der Waals surface area contributed by atoms with Crippen LogP contribution >= 0.6 is 11.6 Å². The Kier molecular flexibility index (Phi) is 17.2. The zero-order valence-corrected chi connectivity index (χ0v) is 36.2. The van der Waals surface area contributed by atoms with Crippen LogP contribution in [0.3, 0.4) is 0 Å². The molecular formula is C44H43ClF6O14. The monoisotopic (exact) mass is 944 g/mol. The van der Waals surface area contributed by atoms with E-state index in [1.165, 1.54) is 62.8 Å². The SMILES string of the molecule is COC(=O)c1ccc2c(c1C)O[C@@H](CO)CO2.COC(=O)c1ccc2c(c1C)O[C@@H](COC(=O)[C@](OC)(c1ccccc1)C(F)(F)F)CO2.CO[C@](C(=O)Cl)(c1ccccc1)C(F)(F)F. The van der Waals surface area contributed by atoms with E-state index >= 15 is 0 Å². The Morgan fingerprint density at radius 1 is 0.631 bits per heavy atom. The van der Waals surface area contributed by atoms with Gasteiger partial charge in [0, 0.05) is 36.5 Å². The summed E-state index contributed by atoms with van der Waals surface area (Å²) in [4.78, 5) is 47.1. The molecule has 2 aliphatic rings. The van der Waals surface area contributed by atoms with Gasteiger partial charge in [-0.15, -0.1) is 0 Å². The van der Waals surface area contributed by atoms with Crippen LogP contribution in [0.25, 0.3) is 0 Å². The van der Waals surface area contributed by atoms with Gasteiger partial charge in [-0.2, -0.15) is 26.3 Å². The van der Waals surface area contributed by atoms with E-state index in [2.05, 4.69) is 9.47 Å². The van der Waals surface area contributed by atoms with Gasteiger partial charge in [0.25, 0.3) is 16.4 Å². The third-order valence-electron chi connectivity index (χ3n) is 9.91. The van der Waals surface area contributed by atoms with Gasteiger partial charge in [-0.05, 0) is 49.7 Å². The van der Waals surface area contributed by atoms with E-state index in [-0.39, 0.29) is 30.1 Å². The third-order valence-corrected chi connectivity index (χ3v) is 10.2. The molecule has 0 amide bonds. The van der Waals surface area contributed by atoms with Gasteiger partial charge in [0.1, 0.15) is 19.8 Å². The van der Waals surface area contributed by atoms with Gasteiger partial charge in [-0.1, -0.05) is 60.7 Å². The van der Waals surface area contributed by atoms with E-state index in [4.69, 9.17) is 49.9 Å². The lowest BCUT2D eigenvalue weighted by molar-refractivity contribution is -0.277. The summed E-state index contributed by atoms with van der Waals surface area (Å²) in [5.41, 5.74) is -5.38. The highest BCUT2D eigenvalue weighted by atomic mass is 35.5. The zero-order valence-electron chi connectivity index (χ0n) is 35.5. The zero-order chi connectivity index (χ0) is 48.3. The first-order valence-electron chi connectivity index (χ1n) is 19.0. The third kappa shape index (κ3) is 10.9. The Morgan fingerprint density at radius 2 is 1.03 bits per heavy atom. The van der Waals surface area contributed by atoms with Crippen LogP contribution in [-0.2, 0) is 44.5 Å². The van der Waals surface area contributed by atoms with Crippen LogP contribution in [0.5, 0.6) is 23.0 Å². The van der Waals surface area contributed by atoms with Crippen molar-refractivity contribution in [1.29, 1.82) is 0 Å². The standard InChI is InChI=1S/C22H21F3O7.C12H14O5.C10H8ClF3O2/c1-13-16(19(26)28-2)9-10-17-18(13)32-15(11-30-17)12-31-20(27)21(29-3,22(23,24)25)14-7-5-4-6-8-14;1-7-9(12(14)15-2)3-4-10-11(7)17-8(5-13)6-16-10;1-16-9(8(11)15,10(12,13)14)7-5-3-2-4-6-7/h4-10,15H,11-12H2,1-3H3;3-4,8,13H,5-6H2,1-2H3;2-6H,1H3/t15-,21-;8-;9-/m100/s1. The number of alkyl halides is 6. The molecule has 14 nitrogen and oxygen atoms in total. The van der Waals surface area contributed by atoms with Crippen molar-refractivity contribution in [2.24, 2.45) is 0 Å². The molecule has 352 valence electrons. The fourth-order valence-electron chi connectivity index (χ4n) is 6.49. The van der Waals surface area contributed by atoms with Crippen LogP contribution in [0.1, 0.15) is 43.0 Å². The highest BCUT2D eigenvalue weighted by molar-refractivity contribution is 6.65. The lowest BCUT2D eigenvalue weighted by Crippen LogP contribution is -2.52. The Balaban J connectivity index is 0.000000236. The Bertz CT molecular complexity index is 2290. The molecule has 4 aromatic carbocycles. The van der Waals surface area contributed by atoms with Crippen molar-refractivity contribution in [1.82, 2.24) is 0 Å². The van der Waals surface area contributed by atoms with Gasteiger partial charge in [-0.3, -0.25) is 4.79 Å². The van der Waals surface area contributed by atoms with Crippen LogP contribution in [-0.4, -0.2) is 108 Å². The van der Waals surface area contributed by atoms with Crippen molar-refractivity contribution >= 4 is 34.8 Å². The van der Waals surface area contributed by atoms with Gasteiger partial charge in [0.05, 0.1) is 32.0 Å². The van der Waals surface area contributed by atoms with Crippen molar-refractivity contribution in [2.45, 2.75) is 49.6 Å². The number of carbonyl (C=O) groups excluding carboxylic acids is 4. The molecule has 0 unspecified atom stereocenters. The molecule has 65 heavy (non-hydrogen) atoms. The largest absolute Gasteiger partial charge is 0.486 e. The molecule has 4 aromatic rings. The highest BCUT2D eigenvalue weighted by Crippen LogP contribution is 2.45. The quantitative estimate of drug-likeness (QED) is 0.0686. The number of rotatable bonds is 11. The first-order valence-corrected chi connectivity index (χ1v) is 19.4. The molecule has 6 rings (SSSR count). The summed E-state index contributed by atoms with van der Waals surface area (Å²) in [6, 6.07) is 19.4. The Labute approximate surface area is 373 Å². The fraction of sp³-hybridized carbons (Fsp3) is 0.364. The average molecular weight is 945 g/mol. The minimum absolute atomic E-state index is 0.0748. The molecule has 0 aliphatic carbocycles. The number of methoxy groups -OCH3 is 4. The molecule has 21 heteroatoms. The maximum Gasteiger partial charge on any atom is 0.432 e. The van der Waals surface area contributed by atoms with Crippen molar-refractivity contribution in [3.05, 3.63) is 118 Å². The summed E-state index contributed by atoms with van der Waals surface area (Å²) in [5.74, 6) is -0.979. The number of hydrogen-bond donors (Lipinski definition) is 1. The number of carbonyl (C=O) groups is 4. The summed E-state index contributed by atoms with van der Waals surface area (Å²) >= 11 is 5.04. The summed E-state index contributed by atoms with van der Waals surface area (Å²) in [5, 5.41) is 7.42. The smallest absolute Gasteiger partial charge is 0.432 e. The van der Waals surface area contributed by atoms with Crippen LogP contribution in [0.15, 0.2) is 84.9 Å². The molecule has 0 radical (unpaired) electrons. The number of aliphatic hydroxyl groups excluding tert-OH is 1. The van der Waals surface area contributed by atoms with Crippen molar-refractivity contribution in [2.75, 3.05) is 54.9 Å². The second kappa shape index (κ2) is 21.7. The van der Waals surface area contributed by atoms with E-state index in [1.54, 1.807) is 26.0 Å². The number of hydrogen-bond acceptors (Lipinski definition) is 14. The maximum absolute atomic E-state index is 14.0. The van der Waals surface area contributed by atoms with Gasteiger partial charge < -0.3 is 47.7 Å². The molecule has 0 saturated heterocycles. The Hall–Kier alpha value is -6.09. The molecule has 0 spiro atoms. The van der Waals surface area contributed by atoms with E-state index in [0.29, 0.717) is 40.5 Å². The molecule has 0 aromatic heterocycles. The summed E-state index contributed by atoms with van der Waals surface area (Å²) in [7, 11) is 4.14. The molecule has 0 bridgehead atoms. The van der Waals surface area contributed by atoms with Crippen LogP contribution in [0.2, 0.25) is 0 Å². The molecule has 2 heterocycles. The van der Waals surface area contributed by atoms with Crippen molar-refractivity contribution in [3.8, 4) is 23.0 Å². The lowest BCUT2D eigenvalue weighted by atomic mass is 9.93. The first kappa shape index (κ1) is 51.5. The lowest BCUT2D eigenvalue weighted by Gasteiger charge is -2.33.